The third kappa shape index (κ3) is 4.27. The number of halogens is 1. The molecule has 30 heavy (non-hydrogen) atoms. The molecule has 1 atom stereocenters. The molecule has 0 spiro atoms. The van der Waals surface area contributed by atoms with E-state index < -0.39 is 28.0 Å². The Hall–Kier alpha value is -2.63. The molecule has 2 aliphatic heterocycles. The van der Waals surface area contributed by atoms with Gasteiger partial charge in [-0.1, -0.05) is 11.6 Å². The molecule has 0 radical (unpaired) electrons. The van der Waals surface area contributed by atoms with Crippen molar-refractivity contribution in [3.63, 3.8) is 0 Å². The fraction of sp³-hybridized carbons (Fsp3) is 0.222. The molecule has 9 nitrogen and oxygen atoms in total. The van der Waals surface area contributed by atoms with Crippen LogP contribution in [-0.4, -0.2) is 48.8 Å². The second-order valence-corrected chi connectivity index (χ2v) is 9.69. The Morgan fingerprint density at radius 2 is 2.10 bits per heavy atom. The van der Waals surface area contributed by atoms with E-state index in [4.69, 9.17) is 16.3 Å². The number of nitrogens with zero attached hydrogens (tertiary/aromatic N) is 3. The van der Waals surface area contributed by atoms with Crippen molar-refractivity contribution in [1.29, 1.82) is 0 Å². The zero-order valence-electron chi connectivity index (χ0n) is 15.5. The van der Waals surface area contributed by atoms with E-state index in [2.05, 4.69) is 14.7 Å². The first-order valence-corrected chi connectivity index (χ1v) is 11.6. The van der Waals surface area contributed by atoms with Crippen LogP contribution in [-0.2, 0) is 19.6 Å². The Labute approximate surface area is 181 Å². The van der Waals surface area contributed by atoms with Crippen LogP contribution in [0.3, 0.4) is 0 Å². The predicted molar refractivity (Wildman–Crippen MR) is 114 cm³/mol. The van der Waals surface area contributed by atoms with E-state index in [1.165, 1.54) is 30.9 Å². The Kier molecular flexibility index (Phi) is 5.43. The highest BCUT2D eigenvalue weighted by Gasteiger charge is 2.33. The topological polar surface area (TPSA) is 118 Å². The van der Waals surface area contributed by atoms with Crippen molar-refractivity contribution in [2.75, 3.05) is 22.5 Å². The summed E-state index contributed by atoms with van der Waals surface area (Å²) >= 11 is 6.93. The number of carbonyl (C=O) groups excluding carboxylic acids is 2. The van der Waals surface area contributed by atoms with E-state index in [0.717, 1.165) is 5.69 Å². The number of esters is 1. The smallest absolute Gasteiger partial charge is 0.338 e. The number of sulfonamides is 1. The molecule has 0 aliphatic carbocycles. The van der Waals surface area contributed by atoms with Crippen molar-refractivity contribution in [3.8, 4) is 0 Å². The van der Waals surface area contributed by atoms with Crippen LogP contribution in [0.5, 0.6) is 0 Å². The van der Waals surface area contributed by atoms with Crippen LogP contribution < -0.4 is 10.2 Å². The number of ether oxygens (including phenoxy) is 1. The minimum Gasteiger partial charge on any atom is -0.449 e. The highest BCUT2D eigenvalue weighted by molar-refractivity contribution is 8.15. The van der Waals surface area contributed by atoms with Crippen LogP contribution in [0.1, 0.15) is 17.3 Å². The summed E-state index contributed by atoms with van der Waals surface area (Å²) in [7, 11) is -3.46. The minimum absolute atomic E-state index is 0.0601. The summed E-state index contributed by atoms with van der Waals surface area (Å²) in [5.41, 5.74) is 1.03. The quantitative estimate of drug-likeness (QED) is 0.683. The number of benzene rings is 1. The van der Waals surface area contributed by atoms with Gasteiger partial charge in [-0.05, 0) is 49.0 Å². The van der Waals surface area contributed by atoms with Crippen LogP contribution in [0, 0.1) is 0 Å². The van der Waals surface area contributed by atoms with Crippen LogP contribution in [0.4, 0.5) is 11.5 Å². The van der Waals surface area contributed by atoms with E-state index in [1.54, 1.807) is 29.2 Å². The molecule has 156 valence electrons. The second-order valence-electron chi connectivity index (χ2n) is 6.49. The highest BCUT2D eigenvalue weighted by Crippen LogP contribution is 2.42. The molecule has 2 aromatic rings. The van der Waals surface area contributed by atoms with Crippen molar-refractivity contribution in [3.05, 3.63) is 47.1 Å². The minimum atomic E-state index is -3.46. The molecule has 4 rings (SSSR count). The summed E-state index contributed by atoms with van der Waals surface area (Å²) < 4.78 is 32.4. The van der Waals surface area contributed by atoms with E-state index in [9.17, 15) is 18.0 Å². The summed E-state index contributed by atoms with van der Waals surface area (Å²) in [6.45, 7) is 1.76. The number of amidine groups is 1. The highest BCUT2D eigenvalue weighted by atomic mass is 35.5. The summed E-state index contributed by atoms with van der Waals surface area (Å²) in [6.07, 6.45) is 0.330. The summed E-state index contributed by atoms with van der Waals surface area (Å²) in [6, 6.07) is 7.98. The Balaban J connectivity index is 1.44. The molecular weight excluding hydrogens is 452 g/mol. The molecule has 1 amide bonds. The molecule has 1 N–H and O–H groups in total. The molecule has 1 unspecified atom stereocenters. The maximum Gasteiger partial charge on any atom is 0.338 e. The first-order chi connectivity index (χ1) is 14.2. The van der Waals surface area contributed by atoms with Gasteiger partial charge in [0.2, 0.25) is 0 Å². The number of thioether (sulfide) groups is 1. The lowest BCUT2D eigenvalue weighted by Crippen LogP contribution is -2.35. The van der Waals surface area contributed by atoms with Gasteiger partial charge in [0.25, 0.3) is 15.9 Å². The molecule has 0 bridgehead atoms. The molecule has 1 aromatic carbocycles. The summed E-state index contributed by atoms with van der Waals surface area (Å²) in [5.74, 6) is -0.987. The average Bonchev–Trinajstić information content (AvgIpc) is 3.04. The van der Waals surface area contributed by atoms with Gasteiger partial charge >= 0.3 is 5.97 Å². The number of hydrogen-bond acceptors (Lipinski definition) is 8. The second kappa shape index (κ2) is 7.89. The average molecular weight is 467 g/mol. The van der Waals surface area contributed by atoms with Gasteiger partial charge in [-0.3, -0.25) is 4.79 Å². The first-order valence-electron chi connectivity index (χ1n) is 8.77. The fourth-order valence-corrected chi connectivity index (χ4v) is 5.23. The SMILES string of the molecule is CC(OC(=O)c1ccc2c(c1)SC1=NS(=O)(=O)CCN12)C(=O)Nc1ccc(Cl)cn1. The lowest BCUT2D eigenvalue weighted by molar-refractivity contribution is -0.123. The van der Waals surface area contributed by atoms with Crippen LogP contribution in [0.2, 0.25) is 5.02 Å². The third-order valence-electron chi connectivity index (χ3n) is 4.34. The number of aromatic nitrogens is 1. The first kappa shape index (κ1) is 20.6. The standard InChI is InChI=1S/C18H15ClN4O5S2/c1-10(16(24)21-15-5-3-12(19)9-20-15)28-17(25)11-2-4-13-14(8-11)29-18-22-30(26,27)7-6-23(13)18/h2-5,8-10H,6-7H2,1H3,(H,20,21,24). The third-order valence-corrected chi connectivity index (χ3v) is 6.87. The number of nitrogens with one attached hydrogen (secondary N) is 1. The van der Waals surface area contributed by atoms with Crippen molar-refractivity contribution in [1.82, 2.24) is 4.98 Å². The zero-order chi connectivity index (χ0) is 21.5. The Morgan fingerprint density at radius 1 is 1.30 bits per heavy atom. The van der Waals surface area contributed by atoms with Gasteiger partial charge in [0.15, 0.2) is 11.3 Å². The van der Waals surface area contributed by atoms with Gasteiger partial charge in [0.05, 0.1) is 22.0 Å². The molecule has 1 aromatic heterocycles. The van der Waals surface area contributed by atoms with Crippen molar-refractivity contribution < 1.29 is 22.7 Å². The van der Waals surface area contributed by atoms with Gasteiger partial charge in [0.1, 0.15) is 5.82 Å². The van der Waals surface area contributed by atoms with Crippen molar-refractivity contribution in [2.24, 2.45) is 4.40 Å². The number of rotatable bonds is 4. The van der Waals surface area contributed by atoms with Crippen LogP contribution in [0.25, 0.3) is 0 Å². The fourth-order valence-electron chi connectivity index (χ4n) is 2.82. The van der Waals surface area contributed by atoms with Gasteiger partial charge < -0.3 is 15.0 Å². The van der Waals surface area contributed by atoms with Crippen LogP contribution >= 0.6 is 23.4 Å². The molecule has 0 saturated heterocycles. The zero-order valence-corrected chi connectivity index (χ0v) is 17.9. The predicted octanol–water partition coefficient (Wildman–Crippen LogP) is 2.53. The lowest BCUT2D eigenvalue weighted by Gasteiger charge is -2.22. The maximum absolute atomic E-state index is 12.5. The van der Waals surface area contributed by atoms with Crippen molar-refractivity contribution >= 4 is 61.9 Å². The van der Waals surface area contributed by atoms with Gasteiger partial charge in [-0.25, -0.2) is 18.2 Å². The van der Waals surface area contributed by atoms with Crippen molar-refractivity contribution in [2.45, 2.75) is 17.9 Å². The molecule has 0 saturated carbocycles. The number of carbonyl (C=O) groups is 2. The normalized spacial score (nSPS) is 17.4. The van der Waals surface area contributed by atoms with Crippen LogP contribution in [0.15, 0.2) is 45.8 Å². The van der Waals surface area contributed by atoms with Gasteiger partial charge in [-0.15, -0.1) is 4.40 Å². The molecule has 12 heteroatoms. The van der Waals surface area contributed by atoms with Gasteiger partial charge in [-0.2, -0.15) is 0 Å². The molecule has 3 heterocycles. The maximum atomic E-state index is 12.5. The summed E-state index contributed by atoms with van der Waals surface area (Å²) in [4.78, 5) is 31.2. The number of pyridine rings is 1. The summed E-state index contributed by atoms with van der Waals surface area (Å²) in [5, 5.41) is 3.34. The monoisotopic (exact) mass is 466 g/mol. The number of amides is 1. The Bertz CT molecular complexity index is 1170. The number of anilines is 2. The molecule has 0 fully saturated rings. The number of hydrogen-bond donors (Lipinski definition) is 1. The van der Waals surface area contributed by atoms with Gasteiger partial charge in [0, 0.05) is 17.6 Å². The van der Waals surface area contributed by atoms with E-state index in [-0.39, 0.29) is 17.1 Å². The van der Waals surface area contributed by atoms with E-state index in [0.29, 0.717) is 21.6 Å². The van der Waals surface area contributed by atoms with E-state index >= 15 is 0 Å². The van der Waals surface area contributed by atoms with E-state index in [1.807, 2.05) is 0 Å². The molecular formula is C18H15ClN4O5S2. The molecule has 2 aliphatic rings. The lowest BCUT2D eigenvalue weighted by atomic mass is 10.2. The Morgan fingerprint density at radius 3 is 2.83 bits per heavy atom. The largest absolute Gasteiger partial charge is 0.449 e. The number of fused-ring (bicyclic) bond motifs is 3.